The van der Waals surface area contributed by atoms with Crippen LogP contribution in [0.25, 0.3) is 11.0 Å². The van der Waals surface area contributed by atoms with Gasteiger partial charge < -0.3 is 39.4 Å². The third-order valence-corrected chi connectivity index (χ3v) is 18.4. The zero-order valence-electron chi connectivity index (χ0n) is 45.3. The predicted molar refractivity (Wildman–Crippen MR) is 300 cm³/mol. The van der Waals surface area contributed by atoms with Crippen molar-refractivity contribution < 1.29 is 41.8 Å². The molecule has 11 rings (SSSR count). The number of H-pyrrole nitrogens is 1. The van der Waals surface area contributed by atoms with Crippen molar-refractivity contribution >= 4 is 49.7 Å². The quantitative estimate of drug-likeness (QED) is 0.0496. The molecule has 0 radical (unpaired) electrons. The van der Waals surface area contributed by atoms with Gasteiger partial charge in [0.05, 0.1) is 58.6 Å². The van der Waals surface area contributed by atoms with Gasteiger partial charge in [-0.05, 0) is 116 Å². The Labute approximate surface area is 460 Å². The number of nitro groups is 1. The minimum Gasteiger partial charge on any atom is -0.495 e. The molecule has 20 heteroatoms. The molecule has 0 bridgehead atoms. The van der Waals surface area contributed by atoms with Gasteiger partial charge in [-0.3, -0.25) is 24.7 Å². The second-order valence-corrected chi connectivity index (χ2v) is 24.7. The highest BCUT2D eigenvalue weighted by molar-refractivity contribution is 7.90. The van der Waals surface area contributed by atoms with Gasteiger partial charge in [-0.15, -0.1) is 0 Å². The van der Waals surface area contributed by atoms with Crippen LogP contribution in [0.5, 0.6) is 17.2 Å². The normalized spacial score (nSPS) is 21.9. The van der Waals surface area contributed by atoms with Gasteiger partial charge in [-0.1, -0.05) is 44.2 Å². The van der Waals surface area contributed by atoms with Crippen molar-refractivity contribution in [2.75, 3.05) is 87.8 Å². The highest BCUT2D eigenvalue weighted by Crippen LogP contribution is 2.54. The number of ether oxygens (including phenoxy) is 3. The lowest BCUT2D eigenvalue weighted by molar-refractivity contribution is -0.384. The molecule has 4 aromatic carbocycles. The number of amides is 1. The SMILES string of the molecule is COc1cc(CN2CCN(C3CC4(C3)CN(c3ccc(C(=O)NS(=O)(=O)c5ccc(NCC6CCC(C)(O)CC6)c([N+](=O)[O-])c5)c(Oc5cnc6[nH]cc(F)c6c5)c3)C4)C(c3ccccc3C(C)C)C2)ccc1N1CCOCC1. The third-order valence-electron chi connectivity index (χ3n) is 17.1. The first-order valence-electron chi connectivity index (χ1n) is 27.5. The number of methoxy groups -OCH3 is 1. The predicted octanol–water partition coefficient (Wildman–Crippen LogP) is 9.37. The molecule has 5 aliphatic rings. The number of piperazine rings is 1. The number of aliphatic hydroxyl groups is 1. The molecular weight excluding hydrogens is 1030 g/mol. The lowest BCUT2D eigenvalue weighted by atomic mass is 9.59. The molecular formula is C59H70FN9O9S. The maximum absolute atomic E-state index is 14.8. The Balaban J connectivity index is 0.787. The number of anilines is 3. The van der Waals surface area contributed by atoms with Crippen LogP contribution in [0.3, 0.4) is 0 Å². The Hall–Kier alpha value is -6.84. The fourth-order valence-electron chi connectivity index (χ4n) is 12.7. The molecule has 3 aliphatic heterocycles. The second kappa shape index (κ2) is 22.0. The van der Waals surface area contributed by atoms with Gasteiger partial charge in [-0.25, -0.2) is 22.5 Å². The molecule has 1 atom stereocenters. The molecule has 18 nitrogen and oxygen atoms in total. The smallest absolute Gasteiger partial charge is 0.293 e. The molecule has 418 valence electrons. The van der Waals surface area contributed by atoms with Gasteiger partial charge in [0.15, 0.2) is 0 Å². The number of benzene rings is 4. The standard InChI is InChI=1S/C59H70FN9O9S/c1-38(2)45-7-5-6-8-46(45)53-35-65(34-40-9-14-51(55(25-40)76-4)66-21-23-77-24-22-66)19-20-68(53)42-29-59(30-42)36-67(37-59)41-10-12-47(54(26-41)78-43-27-48-49(60)33-63-56(48)62-32-43)57(70)64-79(74,75)44-11-13-50(52(28-44)69(72)73)61-31-39-15-17-58(3,71)18-16-39/h5-14,25-28,32-33,38-39,42,53,61,71H,15-24,29-31,34-37H2,1-4H3,(H,62,63)(H,64,70). The van der Waals surface area contributed by atoms with E-state index in [1.54, 1.807) is 26.2 Å². The Morgan fingerprint density at radius 2 is 1.75 bits per heavy atom. The van der Waals surface area contributed by atoms with Crippen LogP contribution in [-0.4, -0.2) is 128 Å². The molecule has 2 aliphatic carbocycles. The number of fused-ring (bicyclic) bond motifs is 1. The number of pyridine rings is 1. The first-order valence-corrected chi connectivity index (χ1v) is 29.0. The van der Waals surface area contributed by atoms with Crippen molar-refractivity contribution in [3.63, 3.8) is 0 Å². The van der Waals surface area contributed by atoms with E-state index in [2.05, 4.69) is 95.9 Å². The van der Waals surface area contributed by atoms with Gasteiger partial charge in [0, 0.05) is 100 Å². The van der Waals surface area contributed by atoms with Crippen LogP contribution in [0.2, 0.25) is 0 Å². The summed E-state index contributed by atoms with van der Waals surface area (Å²) >= 11 is 0. The average Bonchev–Trinajstić information content (AvgIpc) is 3.88. The second-order valence-electron chi connectivity index (χ2n) is 23.0. The minimum absolute atomic E-state index is 0.0144. The number of carbonyl (C=O) groups is 1. The molecule has 6 aromatic rings. The lowest BCUT2D eigenvalue weighted by Gasteiger charge is -2.63. The van der Waals surface area contributed by atoms with Gasteiger partial charge in [0.25, 0.3) is 21.6 Å². The number of carbonyl (C=O) groups excluding carboxylic acids is 1. The highest BCUT2D eigenvalue weighted by atomic mass is 32.2. The van der Waals surface area contributed by atoms with Crippen LogP contribution < -0.4 is 29.3 Å². The summed E-state index contributed by atoms with van der Waals surface area (Å²) in [5.74, 6) is -0.00778. The van der Waals surface area contributed by atoms with Crippen molar-refractivity contribution in [1.29, 1.82) is 0 Å². The molecule has 5 fully saturated rings. The molecule has 1 amide bonds. The summed E-state index contributed by atoms with van der Waals surface area (Å²) in [7, 11) is -2.91. The largest absolute Gasteiger partial charge is 0.495 e. The van der Waals surface area contributed by atoms with Crippen LogP contribution >= 0.6 is 0 Å². The summed E-state index contributed by atoms with van der Waals surface area (Å²) in [4.78, 5) is 42.2. The Kier molecular flexibility index (Phi) is 15.1. The number of nitrogens with one attached hydrogen (secondary N) is 3. The fraction of sp³-hybridized carbons (Fsp3) is 0.458. The van der Waals surface area contributed by atoms with Crippen molar-refractivity contribution in [3.8, 4) is 17.2 Å². The lowest BCUT2D eigenvalue weighted by Crippen LogP contribution is -2.68. The van der Waals surface area contributed by atoms with Crippen molar-refractivity contribution in [2.24, 2.45) is 11.3 Å². The molecule has 2 saturated carbocycles. The number of nitrogens with zero attached hydrogens (tertiary/aromatic N) is 6. The van der Waals surface area contributed by atoms with Crippen LogP contribution in [-0.2, 0) is 21.3 Å². The summed E-state index contributed by atoms with van der Waals surface area (Å²) in [6, 6.07) is 26.0. The third kappa shape index (κ3) is 11.5. The average molecular weight is 1100 g/mol. The first-order chi connectivity index (χ1) is 37.9. The number of hydrogen-bond acceptors (Lipinski definition) is 15. The van der Waals surface area contributed by atoms with E-state index < -0.39 is 42.9 Å². The molecule has 1 unspecified atom stereocenters. The van der Waals surface area contributed by atoms with Crippen molar-refractivity contribution in [1.82, 2.24) is 24.5 Å². The number of aromatic nitrogens is 2. The van der Waals surface area contributed by atoms with E-state index in [0.29, 0.717) is 50.2 Å². The van der Waals surface area contributed by atoms with Gasteiger partial charge >= 0.3 is 0 Å². The van der Waals surface area contributed by atoms with E-state index in [-0.39, 0.29) is 45.5 Å². The van der Waals surface area contributed by atoms with Crippen LogP contribution in [0.1, 0.15) is 98.3 Å². The summed E-state index contributed by atoms with van der Waals surface area (Å²) in [5.41, 5.74) is 5.04. The summed E-state index contributed by atoms with van der Waals surface area (Å²) in [6.07, 6.45) is 7.34. The topological polar surface area (TPSA) is 208 Å². The molecule has 4 N–H and O–H groups in total. The minimum atomic E-state index is -4.65. The monoisotopic (exact) mass is 1100 g/mol. The zero-order valence-corrected chi connectivity index (χ0v) is 46.1. The number of aromatic amines is 1. The molecule has 5 heterocycles. The molecule has 2 aromatic heterocycles. The van der Waals surface area contributed by atoms with Crippen molar-refractivity contribution in [2.45, 2.75) is 94.3 Å². The number of halogens is 1. The fourth-order valence-corrected chi connectivity index (χ4v) is 13.6. The molecule has 79 heavy (non-hydrogen) atoms. The number of sulfonamides is 1. The number of hydrogen-bond donors (Lipinski definition) is 4. The summed E-state index contributed by atoms with van der Waals surface area (Å²) in [5, 5.41) is 25.9. The Morgan fingerprint density at radius 3 is 2.49 bits per heavy atom. The zero-order chi connectivity index (χ0) is 55.2. The first kappa shape index (κ1) is 54.1. The Morgan fingerprint density at radius 1 is 0.975 bits per heavy atom. The Bertz CT molecular complexity index is 3340. The van der Waals surface area contributed by atoms with Crippen molar-refractivity contribution in [3.05, 3.63) is 136 Å². The number of morpholine rings is 1. The van der Waals surface area contributed by atoms with E-state index in [1.807, 2.05) is 0 Å². The van der Waals surface area contributed by atoms with E-state index in [9.17, 15) is 32.8 Å². The molecule has 3 saturated heterocycles. The van der Waals surface area contributed by atoms with E-state index in [0.717, 1.165) is 101 Å². The summed E-state index contributed by atoms with van der Waals surface area (Å²) < 4.78 is 62.4. The van der Waals surface area contributed by atoms with E-state index >= 15 is 0 Å². The highest BCUT2D eigenvalue weighted by Gasteiger charge is 2.55. The van der Waals surface area contributed by atoms with Crippen LogP contribution in [0.15, 0.2) is 102 Å². The van der Waals surface area contributed by atoms with E-state index in [1.165, 1.54) is 53.3 Å². The van der Waals surface area contributed by atoms with Crippen LogP contribution in [0.4, 0.5) is 27.1 Å². The number of rotatable bonds is 17. The van der Waals surface area contributed by atoms with E-state index in [4.69, 9.17) is 14.2 Å². The number of nitro benzene ring substituents is 1. The van der Waals surface area contributed by atoms with Crippen LogP contribution in [0, 0.1) is 27.3 Å². The maximum Gasteiger partial charge on any atom is 0.293 e. The van der Waals surface area contributed by atoms with Gasteiger partial charge in [0.1, 0.15) is 34.4 Å². The van der Waals surface area contributed by atoms with Gasteiger partial charge in [0.2, 0.25) is 0 Å². The van der Waals surface area contributed by atoms with Gasteiger partial charge in [-0.2, -0.15) is 0 Å². The summed E-state index contributed by atoms with van der Waals surface area (Å²) in [6.45, 7) is 15.0. The molecule has 1 spiro atoms. The maximum atomic E-state index is 14.8.